The highest BCUT2D eigenvalue weighted by Gasteiger charge is 2.59. The van der Waals surface area contributed by atoms with Gasteiger partial charge >= 0.3 is 5.97 Å². The highest BCUT2D eigenvalue weighted by Crippen LogP contribution is 2.65. The maximum absolute atomic E-state index is 11.9. The first kappa shape index (κ1) is 22.0. The van der Waals surface area contributed by atoms with Crippen LogP contribution in [-0.4, -0.2) is 31.4 Å². The van der Waals surface area contributed by atoms with Gasteiger partial charge in [-0.1, -0.05) is 26.3 Å². The Balaban J connectivity index is 0.000000552. The summed E-state index contributed by atoms with van der Waals surface area (Å²) in [5, 5.41) is 0. The Hall–Kier alpha value is -1.65. The average molecular weight is 405 g/mol. The molecule has 0 amide bonds. The molecule has 4 rings (SSSR count). The molecule has 0 N–H and O–H groups in total. The van der Waals surface area contributed by atoms with Gasteiger partial charge in [0.15, 0.2) is 5.78 Å². The molecule has 0 saturated heterocycles. The number of hydrogen-bond donors (Lipinski definition) is 0. The molecule has 0 aromatic heterocycles. The van der Waals surface area contributed by atoms with Crippen molar-refractivity contribution >= 4 is 18.2 Å². The predicted octanol–water partition coefficient (Wildman–Crippen LogP) is 4.63. The molecule has 3 saturated carbocycles. The van der Waals surface area contributed by atoms with E-state index in [1.165, 1.54) is 31.9 Å². The smallest absolute Gasteiger partial charge is 0.305 e. The number of esters is 1. The van der Waals surface area contributed by atoms with Crippen LogP contribution >= 0.6 is 0 Å². The minimum atomic E-state index is -0.0411. The van der Waals surface area contributed by atoms with E-state index in [-0.39, 0.29) is 22.9 Å². The third kappa shape index (κ3) is 3.89. The number of hydrogen-bond acceptors (Lipinski definition) is 5. The van der Waals surface area contributed by atoms with Gasteiger partial charge in [0.05, 0.1) is 7.11 Å². The van der Waals surface area contributed by atoms with Gasteiger partial charge in [0.1, 0.15) is 6.10 Å². The third-order valence-corrected chi connectivity index (χ3v) is 8.53. The first-order valence-electron chi connectivity index (χ1n) is 11.2. The fourth-order valence-electron chi connectivity index (χ4n) is 6.95. The molecule has 4 aliphatic carbocycles. The van der Waals surface area contributed by atoms with Crippen molar-refractivity contribution in [2.45, 2.75) is 84.7 Å². The topological polar surface area (TPSA) is 69.7 Å². The Labute approximate surface area is 174 Å². The molecule has 0 aromatic rings. The van der Waals surface area contributed by atoms with Gasteiger partial charge in [-0.15, -0.1) is 0 Å². The maximum atomic E-state index is 11.9. The molecular formula is C24H36O5. The van der Waals surface area contributed by atoms with Crippen molar-refractivity contribution in [1.82, 2.24) is 0 Å². The van der Waals surface area contributed by atoms with Gasteiger partial charge in [-0.2, -0.15) is 0 Å². The Bertz CT molecular complexity index is 683. The van der Waals surface area contributed by atoms with Crippen molar-refractivity contribution in [3.8, 4) is 0 Å². The van der Waals surface area contributed by atoms with Gasteiger partial charge < -0.3 is 9.47 Å². The van der Waals surface area contributed by atoms with E-state index in [0.29, 0.717) is 30.5 Å². The first-order chi connectivity index (χ1) is 13.8. The second-order valence-corrected chi connectivity index (χ2v) is 9.75. The lowest BCUT2D eigenvalue weighted by atomic mass is 9.47. The predicted molar refractivity (Wildman–Crippen MR) is 110 cm³/mol. The van der Waals surface area contributed by atoms with E-state index < -0.39 is 0 Å². The summed E-state index contributed by atoms with van der Waals surface area (Å²) in [6.45, 7) is 7.06. The van der Waals surface area contributed by atoms with E-state index in [2.05, 4.69) is 18.6 Å². The zero-order valence-corrected chi connectivity index (χ0v) is 18.4. The number of allylic oxidation sites excluding steroid dienone is 1. The molecule has 0 heterocycles. The number of ketones is 1. The van der Waals surface area contributed by atoms with E-state index in [1.54, 1.807) is 0 Å². The van der Waals surface area contributed by atoms with Crippen molar-refractivity contribution in [3.05, 3.63) is 11.6 Å². The van der Waals surface area contributed by atoms with E-state index in [9.17, 15) is 9.59 Å². The lowest BCUT2D eigenvalue weighted by molar-refractivity contribution is -0.159. The maximum Gasteiger partial charge on any atom is 0.305 e. The van der Waals surface area contributed by atoms with Crippen molar-refractivity contribution in [2.24, 2.45) is 28.6 Å². The number of rotatable bonds is 3. The Morgan fingerprint density at radius 3 is 2.52 bits per heavy atom. The molecule has 0 radical (unpaired) electrons. The summed E-state index contributed by atoms with van der Waals surface area (Å²) in [5.74, 6) is 2.41. The van der Waals surface area contributed by atoms with E-state index in [0.717, 1.165) is 38.0 Å². The van der Waals surface area contributed by atoms with Crippen LogP contribution in [0, 0.1) is 28.6 Å². The van der Waals surface area contributed by atoms with Crippen LogP contribution in [0.25, 0.3) is 0 Å². The van der Waals surface area contributed by atoms with Gasteiger partial charge in [0.2, 0.25) is 0 Å². The van der Waals surface area contributed by atoms with Crippen LogP contribution in [0.2, 0.25) is 0 Å². The minimum absolute atomic E-state index is 0.0411. The highest BCUT2D eigenvalue weighted by atomic mass is 16.5. The van der Waals surface area contributed by atoms with Gasteiger partial charge in [-0.25, -0.2) is 0 Å². The third-order valence-electron chi connectivity index (χ3n) is 8.53. The van der Waals surface area contributed by atoms with E-state index in [4.69, 9.17) is 9.53 Å². The quantitative estimate of drug-likeness (QED) is 0.507. The molecule has 4 aliphatic rings. The number of fused-ring (bicyclic) bond motifs is 5. The van der Waals surface area contributed by atoms with Crippen molar-refractivity contribution in [3.63, 3.8) is 0 Å². The number of methoxy groups -OCH3 is 1. The normalized spacial score (nSPS) is 40.3. The molecule has 29 heavy (non-hydrogen) atoms. The van der Waals surface area contributed by atoms with E-state index >= 15 is 0 Å². The van der Waals surface area contributed by atoms with Gasteiger partial charge in [-0.05, 0) is 74.2 Å². The van der Waals surface area contributed by atoms with Gasteiger partial charge in [-0.3, -0.25) is 14.4 Å². The summed E-state index contributed by atoms with van der Waals surface area (Å²) in [4.78, 5) is 32.7. The van der Waals surface area contributed by atoms with Crippen LogP contribution in [0.4, 0.5) is 0 Å². The summed E-state index contributed by atoms with van der Waals surface area (Å²) in [5.41, 5.74) is 1.82. The van der Waals surface area contributed by atoms with Crippen LogP contribution in [0.5, 0.6) is 0 Å². The number of ether oxygens (including phenoxy) is 2. The number of carbonyl (C=O) groups is 3. The molecule has 0 aromatic carbocycles. The van der Waals surface area contributed by atoms with Crippen LogP contribution in [0.15, 0.2) is 11.6 Å². The molecular weight excluding hydrogens is 368 g/mol. The Morgan fingerprint density at radius 1 is 1.14 bits per heavy atom. The molecule has 5 nitrogen and oxygen atoms in total. The van der Waals surface area contributed by atoms with Crippen LogP contribution in [0.1, 0.15) is 78.6 Å². The van der Waals surface area contributed by atoms with Crippen LogP contribution in [-0.2, 0) is 23.9 Å². The average Bonchev–Trinajstić information content (AvgIpc) is 3.05. The molecule has 6 atom stereocenters. The summed E-state index contributed by atoms with van der Waals surface area (Å²) in [6.07, 6.45) is 11.3. The summed E-state index contributed by atoms with van der Waals surface area (Å²) in [6, 6.07) is 0. The monoisotopic (exact) mass is 404 g/mol. The molecule has 0 spiro atoms. The standard InChI is InChI=1S/C22H32O3.C2H4O2/c1-4-20(24)25-19-8-7-17-16-6-5-14-13-15(23)9-11-21(14,2)18(16)10-12-22(17,19)3;1-4-2-3/h13,16-19H,4-12H2,1-3H3;2H,1H3/t16-,17?,18?,19?,21?,22?;/m0./s1. The molecule has 0 aliphatic heterocycles. The first-order valence-corrected chi connectivity index (χ1v) is 11.2. The van der Waals surface area contributed by atoms with E-state index in [1.807, 2.05) is 13.0 Å². The minimum Gasteiger partial charge on any atom is -0.471 e. The summed E-state index contributed by atoms with van der Waals surface area (Å²) in [7, 11) is 1.31. The van der Waals surface area contributed by atoms with Crippen LogP contribution in [0.3, 0.4) is 0 Å². The zero-order valence-electron chi connectivity index (χ0n) is 18.4. The molecule has 5 heteroatoms. The Kier molecular flexibility index (Phi) is 6.54. The second-order valence-electron chi connectivity index (χ2n) is 9.75. The molecule has 0 bridgehead atoms. The lowest BCUT2D eigenvalue weighted by Gasteiger charge is -2.57. The highest BCUT2D eigenvalue weighted by molar-refractivity contribution is 5.91. The molecule has 3 fully saturated rings. The number of carbonyl (C=O) groups excluding carboxylic acids is 3. The van der Waals surface area contributed by atoms with Gasteiger partial charge in [0, 0.05) is 18.3 Å². The lowest BCUT2D eigenvalue weighted by Crippen LogP contribution is -2.51. The second kappa shape index (κ2) is 8.61. The van der Waals surface area contributed by atoms with Crippen molar-refractivity contribution in [1.29, 1.82) is 0 Å². The SMILES string of the molecule is CCC(=O)OC1CCC2[C@@H]3CCC4=CC(=O)CCC4(C)C3CCC12C.COC=O. The van der Waals surface area contributed by atoms with Crippen molar-refractivity contribution < 1.29 is 23.9 Å². The van der Waals surface area contributed by atoms with Gasteiger partial charge in [0.25, 0.3) is 6.47 Å². The van der Waals surface area contributed by atoms with Crippen molar-refractivity contribution in [2.75, 3.05) is 7.11 Å². The molecule has 5 unspecified atom stereocenters. The summed E-state index contributed by atoms with van der Waals surface area (Å²) >= 11 is 0. The fourth-order valence-corrected chi connectivity index (χ4v) is 6.95. The summed E-state index contributed by atoms with van der Waals surface area (Å²) < 4.78 is 9.72. The molecule has 162 valence electrons. The largest absolute Gasteiger partial charge is 0.471 e. The zero-order chi connectivity index (χ0) is 21.2. The fraction of sp³-hybridized carbons (Fsp3) is 0.792. The van der Waals surface area contributed by atoms with Crippen LogP contribution < -0.4 is 0 Å². The Morgan fingerprint density at radius 2 is 1.86 bits per heavy atom.